The van der Waals surface area contributed by atoms with Crippen LogP contribution in [0.25, 0.3) is 0 Å². The van der Waals surface area contributed by atoms with Gasteiger partial charge < -0.3 is 10.6 Å². The van der Waals surface area contributed by atoms with E-state index in [2.05, 4.69) is 10.6 Å². The van der Waals surface area contributed by atoms with E-state index in [1.165, 1.54) is 6.07 Å². The van der Waals surface area contributed by atoms with Crippen LogP contribution in [-0.2, 0) is 11.2 Å². The van der Waals surface area contributed by atoms with Crippen molar-refractivity contribution in [3.05, 3.63) is 35.6 Å². The number of carbonyl (C=O) groups excluding carboxylic acids is 1. The lowest BCUT2D eigenvalue weighted by Crippen LogP contribution is -2.51. The summed E-state index contributed by atoms with van der Waals surface area (Å²) >= 11 is 0. The number of halogens is 1. The van der Waals surface area contributed by atoms with Gasteiger partial charge in [-0.2, -0.15) is 0 Å². The monoisotopic (exact) mass is 222 g/mol. The molecule has 1 amide bonds. The molecule has 1 heterocycles. The summed E-state index contributed by atoms with van der Waals surface area (Å²) in [6.07, 6.45) is 1.53. The standard InChI is InChI=1S/C12H15FN2O/c13-11-4-2-1-3-9(11)5-6-10-7-15-12(16)8-14-10/h1-4,10,14H,5-8H2,(H,15,16). The average molecular weight is 222 g/mol. The molecule has 1 fully saturated rings. The Morgan fingerprint density at radius 1 is 1.38 bits per heavy atom. The fourth-order valence-electron chi connectivity index (χ4n) is 1.84. The number of amides is 1. The highest BCUT2D eigenvalue weighted by molar-refractivity contribution is 5.78. The molecule has 2 rings (SSSR count). The van der Waals surface area contributed by atoms with Crippen LogP contribution in [-0.4, -0.2) is 25.0 Å². The van der Waals surface area contributed by atoms with Crippen LogP contribution in [0.2, 0.25) is 0 Å². The Bertz CT molecular complexity index is 371. The maximum Gasteiger partial charge on any atom is 0.234 e. The van der Waals surface area contributed by atoms with Crippen molar-refractivity contribution >= 4 is 5.91 Å². The minimum atomic E-state index is -0.151. The first kappa shape index (κ1) is 11.1. The Labute approximate surface area is 94.0 Å². The Balaban J connectivity index is 1.84. The molecule has 4 heteroatoms. The van der Waals surface area contributed by atoms with E-state index in [1.54, 1.807) is 12.1 Å². The summed E-state index contributed by atoms with van der Waals surface area (Å²) in [7, 11) is 0. The molecule has 1 saturated heterocycles. The van der Waals surface area contributed by atoms with E-state index in [-0.39, 0.29) is 17.8 Å². The van der Waals surface area contributed by atoms with Gasteiger partial charge in [-0.05, 0) is 24.5 Å². The first-order valence-electron chi connectivity index (χ1n) is 5.49. The van der Waals surface area contributed by atoms with Crippen LogP contribution < -0.4 is 10.6 Å². The highest BCUT2D eigenvalue weighted by Crippen LogP contribution is 2.10. The van der Waals surface area contributed by atoms with Gasteiger partial charge in [0, 0.05) is 12.6 Å². The third kappa shape index (κ3) is 2.79. The van der Waals surface area contributed by atoms with Gasteiger partial charge in [0.05, 0.1) is 6.54 Å². The minimum absolute atomic E-state index is 0.0298. The Morgan fingerprint density at radius 3 is 2.88 bits per heavy atom. The first-order valence-corrected chi connectivity index (χ1v) is 5.49. The van der Waals surface area contributed by atoms with E-state index in [0.717, 1.165) is 12.0 Å². The summed E-state index contributed by atoms with van der Waals surface area (Å²) in [5.41, 5.74) is 0.737. The lowest BCUT2D eigenvalue weighted by Gasteiger charge is -2.23. The van der Waals surface area contributed by atoms with Gasteiger partial charge in [0.15, 0.2) is 0 Å². The van der Waals surface area contributed by atoms with Gasteiger partial charge in [-0.1, -0.05) is 18.2 Å². The molecular weight excluding hydrogens is 207 g/mol. The Kier molecular flexibility index (Phi) is 3.51. The van der Waals surface area contributed by atoms with Crippen molar-refractivity contribution in [1.29, 1.82) is 0 Å². The molecule has 1 aliphatic heterocycles. The van der Waals surface area contributed by atoms with Crippen LogP contribution in [0.3, 0.4) is 0 Å². The van der Waals surface area contributed by atoms with Crippen LogP contribution in [0.15, 0.2) is 24.3 Å². The quantitative estimate of drug-likeness (QED) is 0.796. The highest BCUT2D eigenvalue weighted by atomic mass is 19.1. The summed E-state index contributed by atoms with van der Waals surface area (Å²) in [5, 5.41) is 5.91. The number of rotatable bonds is 3. The molecule has 86 valence electrons. The molecule has 0 radical (unpaired) electrons. The second-order valence-electron chi connectivity index (χ2n) is 4.01. The SMILES string of the molecule is O=C1CNC(CCc2ccccc2F)CN1. The Morgan fingerprint density at radius 2 is 2.19 bits per heavy atom. The molecule has 1 atom stereocenters. The molecule has 1 aliphatic rings. The molecule has 0 spiro atoms. The van der Waals surface area contributed by atoms with Crippen LogP contribution >= 0.6 is 0 Å². The lowest BCUT2D eigenvalue weighted by molar-refractivity contribution is -0.121. The molecule has 16 heavy (non-hydrogen) atoms. The van der Waals surface area contributed by atoms with Gasteiger partial charge in [-0.3, -0.25) is 4.79 Å². The van der Waals surface area contributed by atoms with Crippen LogP contribution in [0.5, 0.6) is 0 Å². The van der Waals surface area contributed by atoms with E-state index in [1.807, 2.05) is 6.07 Å². The molecule has 0 aliphatic carbocycles. The van der Waals surface area contributed by atoms with Gasteiger partial charge in [0.2, 0.25) is 5.91 Å². The smallest absolute Gasteiger partial charge is 0.234 e. The van der Waals surface area contributed by atoms with Crippen LogP contribution in [0.1, 0.15) is 12.0 Å². The molecule has 1 aromatic rings. The largest absolute Gasteiger partial charge is 0.353 e. The average Bonchev–Trinajstić information content (AvgIpc) is 2.30. The fraction of sp³-hybridized carbons (Fsp3) is 0.417. The normalized spacial score (nSPS) is 20.6. The van der Waals surface area contributed by atoms with Crippen molar-refractivity contribution < 1.29 is 9.18 Å². The van der Waals surface area contributed by atoms with Crippen LogP contribution in [0.4, 0.5) is 4.39 Å². The van der Waals surface area contributed by atoms with E-state index in [4.69, 9.17) is 0 Å². The maximum absolute atomic E-state index is 13.3. The molecule has 0 bridgehead atoms. The van der Waals surface area contributed by atoms with Crippen molar-refractivity contribution in [1.82, 2.24) is 10.6 Å². The second-order valence-corrected chi connectivity index (χ2v) is 4.01. The molecule has 1 unspecified atom stereocenters. The fourth-order valence-corrected chi connectivity index (χ4v) is 1.84. The van der Waals surface area contributed by atoms with Crippen molar-refractivity contribution in [2.24, 2.45) is 0 Å². The molecule has 0 saturated carbocycles. The van der Waals surface area contributed by atoms with Crippen molar-refractivity contribution in [2.45, 2.75) is 18.9 Å². The number of hydrogen-bond donors (Lipinski definition) is 2. The van der Waals surface area contributed by atoms with Crippen molar-refractivity contribution in [2.75, 3.05) is 13.1 Å². The number of carbonyl (C=O) groups is 1. The van der Waals surface area contributed by atoms with Gasteiger partial charge >= 0.3 is 0 Å². The van der Waals surface area contributed by atoms with Gasteiger partial charge in [-0.15, -0.1) is 0 Å². The van der Waals surface area contributed by atoms with E-state index >= 15 is 0 Å². The van der Waals surface area contributed by atoms with Crippen molar-refractivity contribution in [3.8, 4) is 0 Å². The molecular formula is C12H15FN2O. The summed E-state index contributed by atoms with van der Waals surface area (Å²) in [4.78, 5) is 10.9. The zero-order chi connectivity index (χ0) is 11.4. The van der Waals surface area contributed by atoms with E-state index < -0.39 is 0 Å². The third-order valence-electron chi connectivity index (χ3n) is 2.82. The molecule has 2 N–H and O–H groups in total. The van der Waals surface area contributed by atoms with Gasteiger partial charge in [0.1, 0.15) is 5.82 Å². The summed E-state index contributed by atoms with van der Waals surface area (Å²) in [6.45, 7) is 0.995. The summed E-state index contributed by atoms with van der Waals surface area (Å²) in [5.74, 6) is -0.121. The zero-order valence-electron chi connectivity index (χ0n) is 9.00. The third-order valence-corrected chi connectivity index (χ3v) is 2.82. The topological polar surface area (TPSA) is 41.1 Å². The molecule has 0 aromatic heterocycles. The number of nitrogens with one attached hydrogen (secondary N) is 2. The van der Waals surface area contributed by atoms with Gasteiger partial charge in [0.25, 0.3) is 0 Å². The number of piperazine rings is 1. The number of hydrogen-bond acceptors (Lipinski definition) is 2. The predicted octanol–water partition coefficient (Wildman–Crippen LogP) is 0.846. The molecule has 3 nitrogen and oxygen atoms in total. The van der Waals surface area contributed by atoms with Crippen LogP contribution in [0, 0.1) is 5.82 Å². The zero-order valence-corrected chi connectivity index (χ0v) is 9.00. The minimum Gasteiger partial charge on any atom is -0.353 e. The van der Waals surface area contributed by atoms with E-state index in [0.29, 0.717) is 19.5 Å². The summed E-state index contributed by atoms with van der Waals surface area (Å²) in [6, 6.07) is 7.06. The van der Waals surface area contributed by atoms with Gasteiger partial charge in [-0.25, -0.2) is 4.39 Å². The lowest BCUT2D eigenvalue weighted by atomic mass is 10.0. The maximum atomic E-state index is 13.3. The molecule has 1 aromatic carbocycles. The van der Waals surface area contributed by atoms with Crippen molar-refractivity contribution in [3.63, 3.8) is 0 Å². The number of benzene rings is 1. The highest BCUT2D eigenvalue weighted by Gasteiger charge is 2.16. The second kappa shape index (κ2) is 5.07. The number of aryl methyl sites for hydroxylation is 1. The van der Waals surface area contributed by atoms with E-state index in [9.17, 15) is 9.18 Å². The predicted molar refractivity (Wildman–Crippen MR) is 59.5 cm³/mol. The summed E-state index contributed by atoms with van der Waals surface area (Å²) < 4.78 is 13.3. The Hall–Kier alpha value is -1.42. The first-order chi connectivity index (χ1) is 7.75.